The molecule has 0 aliphatic heterocycles. The number of aryl methyl sites for hydroxylation is 1. The van der Waals surface area contributed by atoms with Crippen LogP contribution in [0.3, 0.4) is 0 Å². The van der Waals surface area contributed by atoms with Crippen LogP contribution in [0.2, 0.25) is 0 Å². The highest BCUT2D eigenvalue weighted by Gasteiger charge is 2.19. The summed E-state index contributed by atoms with van der Waals surface area (Å²) in [5.41, 5.74) is 0.916. The minimum atomic E-state index is -3.60. The van der Waals surface area contributed by atoms with Crippen LogP contribution in [0.5, 0.6) is 0 Å². The number of hydrogen-bond acceptors (Lipinski definition) is 4. The van der Waals surface area contributed by atoms with Gasteiger partial charge < -0.3 is 4.57 Å². The van der Waals surface area contributed by atoms with Gasteiger partial charge in [0.2, 0.25) is 0 Å². The smallest absolute Gasteiger partial charge is 0.273 e. The topological polar surface area (TPSA) is 69.0 Å². The minimum absolute atomic E-state index is 0.0325. The first kappa shape index (κ1) is 14.5. The third-order valence-electron chi connectivity index (χ3n) is 3.48. The monoisotopic (exact) mass is 314 g/mol. The van der Waals surface area contributed by atoms with Crippen LogP contribution in [0, 0.1) is 0 Å². The van der Waals surface area contributed by atoms with Gasteiger partial charge in [-0.15, -0.1) is 0 Å². The molecule has 0 bridgehead atoms. The fourth-order valence-corrected chi connectivity index (χ4v) is 3.61. The van der Waals surface area contributed by atoms with Crippen LogP contribution in [-0.2, 0) is 22.6 Å². The van der Waals surface area contributed by atoms with Gasteiger partial charge in [-0.3, -0.25) is 4.79 Å². The van der Waals surface area contributed by atoms with Crippen LogP contribution in [0.1, 0.15) is 5.69 Å². The second-order valence-corrected chi connectivity index (χ2v) is 6.97. The molecule has 3 aromatic rings. The Kier molecular flexibility index (Phi) is 3.54. The first-order chi connectivity index (χ1) is 10.5. The van der Waals surface area contributed by atoms with E-state index in [4.69, 9.17) is 0 Å². The molecule has 0 amide bonds. The molecule has 5 nitrogen and oxygen atoms in total. The highest BCUT2D eigenvalue weighted by atomic mass is 32.2. The summed E-state index contributed by atoms with van der Waals surface area (Å²) in [5.74, 6) is -0.408. The predicted molar refractivity (Wildman–Crippen MR) is 84.3 cm³/mol. The van der Waals surface area contributed by atoms with Gasteiger partial charge in [-0.25, -0.2) is 13.4 Å². The first-order valence-corrected chi connectivity index (χ1v) is 8.37. The van der Waals surface area contributed by atoms with Gasteiger partial charge in [0, 0.05) is 7.05 Å². The van der Waals surface area contributed by atoms with Crippen molar-refractivity contribution in [3.8, 4) is 0 Å². The van der Waals surface area contributed by atoms with Crippen molar-refractivity contribution in [3.63, 3.8) is 0 Å². The van der Waals surface area contributed by atoms with Crippen molar-refractivity contribution in [1.82, 2.24) is 9.55 Å². The van der Waals surface area contributed by atoms with Crippen LogP contribution in [0.4, 0.5) is 0 Å². The summed E-state index contributed by atoms with van der Waals surface area (Å²) in [6, 6.07) is 15.2. The largest absolute Gasteiger partial charge is 0.308 e. The Morgan fingerprint density at radius 3 is 2.36 bits per heavy atom. The van der Waals surface area contributed by atoms with E-state index in [0.29, 0.717) is 11.0 Å². The first-order valence-electron chi connectivity index (χ1n) is 6.71. The van der Waals surface area contributed by atoms with E-state index in [1.165, 1.54) is 16.7 Å². The maximum absolute atomic E-state index is 12.4. The van der Waals surface area contributed by atoms with Crippen molar-refractivity contribution in [2.24, 2.45) is 7.05 Å². The van der Waals surface area contributed by atoms with Crippen molar-refractivity contribution in [3.05, 3.63) is 70.6 Å². The molecule has 0 saturated carbocycles. The highest BCUT2D eigenvalue weighted by molar-refractivity contribution is 7.90. The van der Waals surface area contributed by atoms with Gasteiger partial charge in [0.25, 0.3) is 5.56 Å². The van der Waals surface area contributed by atoms with E-state index in [9.17, 15) is 13.2 Å². The summed E-state index contributed by atoms with van der Waals surface area (Å²) in [4.78, 5) is 16.7. The lowest BCUT2D eigenvalue weighted by atomic mass is 10.3. The fourth-order valence-electron chi connectivity index (χ4n) is 2.32. The zero-order chi connectivity index (χ0) is 15.7. The van der Waals surface area contributed by atoms with E-state index in [-0.39, 0.29) is 10.6 Å². The number of rotatable bonds is 3. The molecule has 22 heavy (non-hydrogen) atoms. The average Bonchev–Trinajstić information content (AvgIpc) is 2.53. The number of hydrogen-bond donors (Lipinski definition) is 0. The molecule has 1 heterocycles. The van der Waals surface area contributed by atoms with Crippen molar-refractivity contribution < 1.29 is 8.42 Å². The normalized spacial score (nSPS) is 11.7. The number of sulfone groups is 1. The Morgan fingerprint density at radius 2 is 1.64 bits per heavy atom. The van der Waals surface area contributed by atoms with Crippen molar-refractivity contribution in [1.29, 1.82) is 0 Å². The van der Waals surface area contributed by atoms with Gasteiger partial charge in [0.1, 0.15) is 11.4 Å². The Bertz CT molecular complexity index is 993. The van der Waals surface area contributed by atoms with E-state index in [1.54, 1.807) is 43.4 Å². The number of para-hydroxylation sites is 2. The SMILES string of the molecule is Cn1c(=O)c(CS(=O)(=O)c2ccccc2)nc2ccccc21. The Morgan fingerprint density at radius 1 is 1.00 bits per heavy atom. The van der Waals surface area contributed by atoms with Crippen LogP contribution >= 0.6 is 0 Å². The number of benzene rings is 2. The molecule has 0 N–H and O–H groups in total. The van der Waals surface area contributed by atoms with E-state index in [2.05, 4.69) is 4.98 Å². The van der Waals surface area contributed by atoms with E-state index in [1.807, 2.05) is 6.07 Å². The Labute approximate surface area is 127 Å². The second-order valence-electron chi connectivity index (χ2n) is 4.98. The zero-order valence-corrected chi connectivity index (χ0v) is 12.7. The lowest BCUT2D eigenvalue weighted by molar-refractivity contribution is 0.594. The zero-order valence-electron chi connectivity index (χ0n) is 11.9. The molecule has 0 unspecified atom stereocenters. The van der Waals surface area contributed by atoms with Gasteiger partial charge >= 0.3 is 0 Å². The highest BCUT2D eigenvalue weighted by Crippen LogP contribution is 2.15. The summed E-state index contributed by atoms with van der Waals surface area (Å²) >= 11 is 0. The molecule has 0 atom stereocenters. The Balaban J connectivity index is 2.12. The molecular formula is C16H14N2O3S. The van der Waals surface area contributed by atoms with E-state index < -0.39 is 21.1 Å². The van der Waals surface area contributed by atoms with Crippen molar-refractivity contribution in [2.75, 3.05) is 0 Å². The molecule has 0 aliphatic rings. The summed E-state index contributed by atoms with van der Waals surface area (Å²) in [6.45, 7) is 0. The van der Waals surface area contributed by atoms with Gasteiger partial charge in [-0.2, -0.15) is 0 Å². The maximum Gasteiger partial charge on any atom is 0.273 e. The average molecular weight is 314 g/mol. The summed E-state index contributed by atoms with van der Waals surface area (Å²) in [6.07, 6.45) is 0. The molecule has 1 aromatic heterocycles. The summed E-state index contributed by atoms with van der Waals surface area (Å²) in [7, 11) is -1.98. The van der Waals surface area contributed by atoms with E-state index >= 15 is 0 Å². The molecule has 6 heteroatoms. The van der Waals surface area contributed by atoms with Gasteiger partial charge in [0.15, 0.2) is 9.84 Å². The molecule has 112 valence electrons. The predicted octanol–water partition coefficient (Wildman–Crippen LogP) is 1.91. The van der Waals surface area contributed by atoms with Gasteiger partial charge in [-0.1, -0.05) is 30.3 Å². The van der Waals surface area contributed by atoms with Crippen LogP contribution < -0.4 is 5.56 Å². The van der Waals surface area contributed by atoms with Crippen LogP contribution in [0.25, 0.3) is 11.0 Å². The third-order valence-corrected chi connectivity index (χ3v) is 5.12. The maximum atomic E-state index is 12.4. The third kappa shape index (κ3) is 2.53. The molecule has 0 saturated heterocycles. The van der Waals surface area contributed by atoms with Crippen molar-refractivity contribution >= 4 is 20.9 Å². The molecule has 0 fully saturated rings. The lowest BCUT2D eigenvalue weighted by Crippen LogP contribution is -2.25. The molecule has 2 aromatic carbocycles. The number of aromatic nitrogens is 2. The minimum Gasteiger partial charge on any atom is -0.308 e. The summed E-state index contributed by atoms with van der Waals surface area (Å²) < 4.78 is 26.3. The Hall–Kier alpha value is -2.47. The fraction of sp³-hybridized carbons (Fsp3) is 0.125. The molecule has 3 rings (SSSR count). The van der Waals surface area contributed by atoms with Crippen LogP contribution in [-0.4, -0.2) is 18.0 Å². The lowest BCUT2D eigenvalue weighted by Gasteiger charge is -2.08. The molecule has 0 aliphatic carbocycles. The standard InChI is InChI=1S/C16H14N2O3S/c1-18-15-10-6-5-9-13(15)17-14(16(18)19)11-22(20,21)12-7-3-2-4-8-12/h2-10H,11H2,1H3. The summed E-state index contributed by atoms with van der Waals surface area (Å²) in [5, 5.41) is 0. The van der Waals surface area contributed by atoms with Crippen LogP contribution in [0.15, 0.2) is 64.3 Å². The quantitative estimate of drug-likeness (QED) is 0.740. The number of nitrogens with zero attached hydrogens (tertiary/aromatic N) is 2. The van der Waals surface area contributed by atoms with Crippen molar-refractivity contribution in [2.45, 2.75) is 10.6 Å². The van der Waals surface area contributed by atoms with E-state index in [0.717, 1.165) is 0 Å². The second kappa shape index (κ2) is 5.38. The van der Waals surface area contributed by atoms with Gasteiger partial charge in [-0.05, 0) is 24.3 Å². The molecule has 0 spiro atoms. The molecule has 0 radical (unpaired) electrons. The van der Waals surface area contributed by atoms with Gasteiger partial charge in [0.05, 0.1) is 15.9 Å². The number of fused-ring (bicyclic) bond motifs is 1. The molecular weight excluding hydrogens is 300 g/mol.